The van der Waals surface area contributed by atoms with Gasteiger partial charge in [0.05, 0.1) is 0 Å². The molecule has 57 heavy (non-hydrogen) atoms. The fourth-order valence-electron chi connectivity index (χ4n) is 5.88. The predicted molar refractivity (Wildman–Crippen MR) is 200 cm³/mol. The first-order chi connectivity index (χ1) is 27.1. The molecule has 0 bridgehead atoms. The van der Waals surface area contributed by atoms with Gasteiger partial charge >= 0.3 is 0 Å². The van der Waals surface area contributed by atoms with Gasteiger partial charge in [-0.15, -0.1) is 18.9 Å². The highest BCUT2D eigenvalue weighted by molar-refractivity contribution is 5.94. The Balaban J connectivity index is 1.46. The number of unbranched alkanes of at least 4 members (excludes halogenated alkanes) is 1. The van der Waals surface area contributed by atoms with Gasteiger partial charge in [-0.05, 0) is 63.8 Å². The van der Waals surface area contributed by atoms with Crippen molar-refractivity contribution in [3.63, 3.8) is 0 Å². The van der Waals surface area contributed by atoms with Gasteiger partial charge in [0.25, 0.3) is 45.9 Å². The lowest BCUT2D eigenvalue weighted by Gasteiger charge is -2.29. The Bertz CT molecular complexity index is 2330. The third-order valence-electron chi connectivity index (χ3n) is 8.89. The molecule has 0 saturated carbocycles. The van der Waals surface area contributed by atoms with Crippen LogP contribution in [0.1, 0.15) is 81.5 Å². The Labute approximate surface area is 324 Å². The van der Waals surface area contributed by atoms with Crippen molar-refractivity contribution in [3.05, 3.63) is 137 Å². The predicted octanol–water partition coefficient (Wildman–Crippen LogP) is 0.408. The number of pyridine rings is 4. The number of nitrogens with zero attached hydrogens (tertiary/aromatic N) is 7. The molecular weight excluding hydrogens is 748 g/mol. The van der Waals surface area contributed by atoms with E-state index in [4.69, 9.17) is 0 Å². The first kappa shape index (κ1) is 42.6. The number of carbonyl (C=O) groups excluding carboxylic acids is 4. The van der Waals surface area contributed by atoms with Crippen molar-refractivity contribution in [2.75, 3.05) is 39.3 Å². The summed E-state index contributed by atoms with van der Waals surface area (Å²) in [5.41, 5.74) is -4.45. The number of amides is 4. The van der Waals surface area contributed by atoms with Crippen LogP contribution in [-0.4, -0.2) is 123 Å². The summed E-state index contributed by atoms with van der Waals surface area (Å²) in [6.07, 6.45) is 0.916. The molecule has 0 unspecified atom stereocenters. The minimum atomic E-state index is -0.837. The molecule has 0 atom stereocenters. The average Bonchev–Trinajstić information content (AvgIpc) is 3.18. The molecule has 0 aliphatic carbocycles. The normalized spacial score (nSPS) is 10.9. The molecule has 4 heterocycles. The van der Waals surface area contributed by atoms with Crippen LogP contribution in [0.2, 0.25) is 0 Å². The summed E-state index contributed by atoms with van der Waals surface area (Å²) in [4.78, 5) is 105. The summed E-state index contributed by atoms with van der Waals surface area (Å²) in [6, 6.07) is 14.2. The molecule has 4 aromatic heterocycles. The number of aromatic nitrogens is 4. The van der Waals surface area contributed by atoms with Gasteiger partial charge in [0.1, 0.15) is 22.8 Å². The van der Waals surface area contributed by atoms with Gasteiger partial charge in [0.2, 0.25) is 0 Å². The van der Waals surface area contributed by atoms with Gasteiger partial charge in [0.15, 0.2) is 0 Å². The van der Waals surface area contributed by atoms with Gasteiger partial charge in [-0.2, -0.15) is 0 Å². The first-order valence-electron chi connectivity index (χ1n) is 18.0. The summed E-state index contributed by atoms with van der Waals surface area (Å²) >= 11 is 0. The molecule has 0 fully saturated rings. The van der Waals surface area contributed by atoms with E-state index in [1.807, 2.05) is 0 Å². The van der Waals surface area contributed by atoms with E-state index in [1.54, 1.807) is 13.8 Å². The maximum atomic E-state index is 13.7. The zero-order chi connectivity index (χ0) is 41.8. The van der Waals surface area contributed by atoms with Crippen molar-refractivity contribution < 1.29 is 40.0 Å². The van der Waals surface area contributed by atoms with Crippen LogP contribution in [-0.2, 0) is 0 Å². The number of hydrogen-bond acceptors (Lipinski definition) is 12. The first-order valence-corrected chi connectivity index (χ1v) is 18.0. The molecule has 0 spiro atoms. The van der Waals surface area contributed by atoms with Crippen LogP contribution in [0.3, 0.4) is 0 Å². The second-order valence-corrected chi connectivity index (χ2v) is 13.1. The fraction of sp³-hybridized carbons (Fsp3) is 0.351. The second kappa shape index (κ2) is 19.5. The number of rotatable bonds is 18. The lowest BCUT2D eigenvalue weighted by molar-refractivity contribution is 0.0610. The van der Waals surface area contributed by atoms with Crippen LogP contribution in [0.5, 0.6) is 0 Å². The van der Waals surface area contributed by atoms with Crippen LogP contribution in [0.4, 0.5) is 0 Å². The van der Waals surface area contributed by atoms with E-state index < -0.39 is 45.9 Å². The Kier molecular flexibility index (Phi) is 14.6. The highest BCUT2D eigenvalue weighted by Crippen LogP contribution is 2.12. The van der Waals surface area contributed by atoms with Crippen molar-refractivity contribution >= 4 is 23.6 Å². The number of carbonyl (C=O) groups is 4. The summed E-state index contributed by atoms with van der Waals surface area (Å²) in [6.45, 7) is 3.73. The lowest BCUT2D eigenvalue weighted by Crippen LogP contribution is -2.42. The maximum Gasteiger partial charge on any atom is 0.283 e. The van der Waals surface area contributed by atoms with Crippen LogP contribution < -0.4 is 27.6 Å². The molecule has 304 valence electrons. The van der Waals surface area contributed by atoms with Crippen LogP contribution in [0.25, 0.3) is 0 Å². The van der Waals surface area contributed by atoms with Crippen LogP contribution in [0, 0.1) is 0 Å². The van der Waals surface area contributed by atoms with Crippen LogP contribution in [0.15, 0.2) is 92.0 Å². The molecule has 4 rings (SSSR count). The monoisotopic (exact) mass is 792 g/mol. The van der Waals surface area contributed by atoms with Gasteiger partial charge < -0.3 is 40.8 Å². The Morgan fingerprint density at radius 1 is 0.509 bits per heavy atom. The van der Waals surface area contributed by atoms with Crippen LogP contribution >= 0.6 is 0 Å². The Morgan fingerprint density at radius 3 is 1.28 bits per heavy atom. The third kappa shape index (κ3) is 10.6. The van der Waals surface area contributed by atoms with E-state index in [0.29, 0.717) is 0 Å². The number of hydrogen-bond donors (Lipinski definition) is 5. The molecule has 20 heteroatoms. The Morgan fingerprint density at radius 2 is 0.860 bits per heavy atom. The molecule has 0 aromatic carbocycles. The van der Waals surface area contributed by atoms with Gasteiger partial charge in [-0.25, -0.2) is 0 Å². The topological polar surface area (TPSA) is 259 Å². The Hall–Kier alpha value is -7.12. The van der Waals surface area contributed by atoms with Crippen molar-refractivity contribution in [1.29, 1.82) is 0 Å². The number of nitrogens with one attached hydrogen (secondary N) is 1. The summed E-state index contributed by atoms with van der Waals surface area (Å²) < 4.78 is 0.891. The highest BCUT2D eigenvalue weighted by Gasteiger charge is 2.25. The second-order valence-electron chi connectivity index (χ2n) is 13.1. The SMILES string of the molecule is CC(C)N(CCCN(CCCCN(CCCNC(=O)c1cccc(=O)n1O)C(=O)c1cccc(=O)n1O)C(=O)c1cccc(=O)n1O)C(=O)c1cccc(=O)n1O. The van der Waals surface area contributed by atoms with Crippen molar-refractivity contribution in [2.24, 2.45) is 0 Å². The standard InChI is InChI=1S/C37H44N8O12/c1-25(2)41(37(53)29-14-8-18-33(49)45(29)57)24-10-23-40(36(52)28-13-7-17-32(48)44(28)56)21-4-3-20-39(35(51)27-12-6-16-31(47)43(27)55)22-9-19-38-34(50)26-11-5-15-30(46)42(26)54/h5-8,11-18,25,54-57H,3-4,9-10,19-24H2,1-2H3,(H,38,50). The minimum absolute atomic E-state index is 0.00512. The van der Waals surface area contributed by atoms with E-state index in [0.717, 1.165) is 24.3 Å². The van der Waals surface area contributed by atoms with E-state index in [-0.39, 0.29) is 113 Å². The largest absolute Gasteiger partial charge is 0.425 e. The van der Waals surface area contributed by atoms with E-state index in [2.05, 4.69) is 5.32 Å². The van der Waals surface area contributed by atoms with E-state index in [9.17, 15) is 59.2 Å². The quantitative estimate of drug-likeness (QED) is 0.0678. The minimum Gasteiger partial charge on any atom is -0.425 e. The van der Waals surface area contributed by atoms with Crippen molar-refractivity contribution in [3.8, 4) is 0 Å². The molecule has 4 amide bonds. The zero-order valence-electron chi connectivity index (χ0n) is 31.3. The summed E-state index contributed by atoms with van der Waals surface area (Å²) in [5.74, 6) is -2.78. The summed E-state index contributed by atoms with van der Waals surface area (Å²) in [5, 5.41) is 43.2. The highest BCUT2D eigenvalue weighted by atomic mass is 16.5. The molecule has 0 aliphatic rings. The van der Waals surface area contributed by atoms with E-state index in [1.165, 1.54) is 63.2 Å². The molecular formula is C37H44N8O12. The third-order valence-corrected chi connectivity index (χ3v) is 8.89. The fourth-order valence-corrected chi connectivity index (χ4v) is 5.88. The smallest absolute Gasteiger partial charge is 0.283 e. The molecule has 5 N–H and O–H groups in total. The molecule has 0 radical (unpaired) electrons. The zero-order valence-corrected chi connectivity index (χ0v) is 31.3. The molecule has 4 aromatic rings. The molecule has 0 saturated heterocycles. The summed E-state index contributed by atoms with van der Waals surface area (Å²) in [7, 11) is 0. The van der Waals surface area contributed by atoms with Gasteiger partial charge in [0, 0.05) is 69.6 Å². The molecule has 20 nitrogen and oxygen atoms in total. The lowest BCUT2D eigenvalue weighted by atomic mass is 10.2. The van der Waals surface area contributed by atoms with Crippen molar-refractivity contribution in [2.45, 2.75) is 45.6 Å². The molecule has 0 aliphatic heterocycles. The van der Waals surface area contributed by atoms with Crippen molar-refractivity contribution in [1.82, 2.24) is 38.9 Å². The average molecular weight is 793 g/mol. The van der Waals surface area contributed by atoms with Gasteiger partial charge in [-0.3, -0.25) is 38.4 Å². The van der Waals surface area contributed by atoms with E-state index >= 15 is 0 Å². The maximum absolute atomic E-state index is 13.7. The van der Waals surface area contributed by atoms with Gasteiger partial charge in [-0.1, -0.05) is 24.3 Å².